The molecule has 0 radical (unpaired) electrons. The van der Waals surface area contributed by atoms with Gasteiger partial charge in [-0.3, -0.25) is 4.79 Å². The van der Waals surface area contributed by atoms with E-state index in [0.717, 1.165) is 37.2 Å². The van der Waals surface area contributed by atoms with Crippen LogP contribution in [0.5, 0.6) is 0 Å². The largest absolute Gasteiger partial charge is 0.394 e. The molecule has 1 heterocycles. The van der Waals surface area contributed by atoms with Gasteiger partial charge in [0.15, 0.2) is 0 Å². The molecule has 4 aliphatic rings. The smallest absolute Gasteiger partial charge is 0.224 e. The summed E-state index contributed by atoms with van der Waals surface area (Å²) in [4.78, 5) is 12.6. The molecule has 0 spiro atoms. The Kier molecular flexibility index (Phi) is 3.90. The number of fused-ring (bicyclic) bond motifs is 2. The highest BCUT2D eigenvalue weighted by atomic mass is 32.2. The third kappa shape index (κ3) is 2.70. The van der Waals surface area contributed by atoms with E-state index in [2.05, 4.69) is 17.5 Å². The summed E-state index contributed by atoms with van der Waals surface area (Å²) in [5.41, 5.74) is -0.345. The molecule has 2 bridgehead atoms. The Labute approximate surface area is 119 Å². The standard InChI is InChI=1S/C15H23NO2S/c17-10-15(5-7-19-8-6-15)16-14(18)13-9-11-1-3-12(13)4-2-11/h1,3,11-13,17H,2,4-10H2,(H,16,18)/t11-,12+,13-/m1/s1. The third-order valence-corrected chi connectivity index (χ3v) is 6.04. The summed E-state index contributed by atoms with van der Waals surface area (Å²) in [7, 11) is 0. The molecule has 2 N–H and O–H groups in total. The summed E-state index contributed by atoms with van der Waals surface area (Å²) in [6.07, 6.45) is 9.73. The average Bonchev–Trinajstić information content (AvgIpc) is 2.49. The molecule has 1 saturated heterocycles. The van der Waals surface area contributed by atoms with E-state index in [9.17, 15) is 9.90 Å². The molecule has 4 rings (SSSR count). The first kappa shape index (κ1) is 13.5. The van der Waals surface area contributed by atoms with Crippen molar-refractivity contribution in [3.63, 3.8) is 0 Å². The summed E-state index contributed by atoms with van der Waals surface area (Å²) < 4.78 is 0. The fraction of sp³-hybridized carbons (Fsp3) is 0.800. The molecule has 0 aromatic rings. The van der Waals surface area contributed by atoms with Gasteiger partial charge in [-0.2, -0.15) is 11.8 Å². The Bertz CT molecular complexity index is 376. The van der Waals surface area contributed by atoms with Gasteiger partial charge in [0.1, 0.15) is 0 Å². The van der Waals surface area contributed by atoms with Gasteiger partial charge in [0.05, 0.1) is 12.1 Å². The Morgan fingerprint density at radius 1 is 1.32 bits per heavy atom. The van der Waals surface area contributed by atoms with Crippen molar-refractivity contribution in [2.75, 3.05) is 18.1 Å². The maximum Gasteiger partial charge on any atom is 0.224 e. The number of hydrogen-bond donors (Lipinski definition) is 2. The van der Waals surface area contributed by atoms with Crippen molar-refractivity contribution in [3.8, 4) is 0 Å². The molecule has 2 fully saturated rings. The quantitative estimate of drug-likeness (QED) is 0.778. The lowest BCUT2D eigenvalue weighted by molar-refractivity contribution is -0.130. The van der Waals surface area contributed by atoms with Crippen molar-refractivity contribution >= 4 is 17.7 Å². The van der Waals surface area contributed by atoms with Gasteiger partial charge in [0, 0.05) is 5.92 Å². The number of aliphatic hydroxyl groups is 1. The normalized spacial score (nSPS) is 36.2. The molecule has 4 heteroatoms. The maximum atomic E-state index is 12.6. The minimum Gasteiger partial charge on any atom is -0.394 e. The van der Waals surface area contributed by atoms with Crippen molar-refractivity contribution in [3.05, 3.63) is 12.2 Å². The lowest BCUT2D eigenvalue weighted by Gasteiger charge is -2.41. The lowest BCUT2D eigenvalue weighted by Crippen LogP contribution is -2.56. The van der Waals surface area contributed by atoms with Crippen LogP contribution in [0.3, 0.4) is 0 Å². The van der Waals surface area contributed by atoms with Crippen LogP contribution in [0.1, 0.15) is 32.1 Å². The number of allylic oxidation sites excluding steroid dienone is 2. The zero-order valence-electron chi connectivity index (χ0n) is 11.3. The van der Waals surface area contributed by atoms with E-state index in [1.165, 1.54) is 6.42 Å². The fourth-order valence-corrected chi connectivity index (χ4v) is 4.95. The van der Waals surface area contributed by atoms with Crippen molar-refractivity contribution in [1.82, 2.24) is 5.32 Å². The summed E-state index contributed by atoms with van der Waals surface area (Å²) in [5, 5.41) is 12.9. The molecule has 19 heavy (non-hydrogen) atoms. The Morgan fingerprint density at radius 3 is 2.63 bits per heavy atom. The highest BCUT2D eigenvalue weighted by Gasteiger charge is 2.40. The number of carbonyl (C=O) groups excluding carboxylic acids is 1. The van der Waals surface area contributed by atoms with Gasteiger partial charge in [0.25, 0.3) is 0 Å². The van der Waals surface area contributed by atoms with Gasteiger partial charge in [-0.1, -0.05) is 12.2 Å². The molecule has 3 nitrogen and oxygen atoms in total. The molecule has 1 aliphatic heterocycles. The molecule has 0 aromatic carbocycles. The van der Waals surface area contributed by atoms with Gasteiger partial charge in [0.2, 0.25) is 5.91 Å². The average molecular weight is 281 g/mol. The third-order valence-electron chi connectivity index (χ3n) is 5.05. The number of aliphatic hydroxyl groups excluding tert-OH is 1. The minimum absolute atomic E-state index is 0.0793. The van der Waals surface area contributed by atoms with Gasteiger partial charge < -0.3 is 10.4 Å². The van der Waals surface area contributed by atoms with E-state index in [4.69, 9.17) is 0 Å². The van der Waals surface area contributed by atoms with Crippen LogP contribution in [0.25, 0.3) is 0 Å². The van der Waals surface area contributed by atoms with Crippen LogP contribution in [0.15, 0.2) is 12.2 Å². The van der Waals surface area contributed by atoms with Crippen LogP contribution in [-0.2, 0) is 4.79 Å². The van der Waals surface area contributed by atoms with E-state index >= 15 is 0 Å². The first-order valence-electron chi connectivity index (χ1n) is 7.41. The van der Waals surface area contributed by atoms with Crippen LogP contribution >= 0.6 is 11.8 Å². The summed E-state index contributed by atoms with van der Waals surface area (Å²) in [5.74, 6) is 3.43. The van der Waals surface area contributed by atoms with E-state index in [0.29, 0.717) is 11.8 Å². The molecular formula is C15H23NO2S. The van der Waals surface area contributed by atoms with Crippen molar-refractivity contribution in [2.24, 2.45) is 17.8 Å². The molecule has 3 aliphatic carbocycles. The van der Waals surface area contributed by atoms with Gasteiger partial charge >= 0.3 is 0 Å². The number of rotatable bonds is 3. The molecule has 3 atom stereocenters. The van der Waals surface area contributed by atoms with E-state index in [1.54, 1.807) is 0 Å². The molecule has 0 aromatic heterocycles. The van der Waals surface area contributed by atoms with Gasteiger partial charge in [-0.25, -0.2) is 0 Å². The monoisotopic (exact) mass is 281 g/mol. The summed E-state index contributed by atoms with van der Waals surface area (Å²) in [6.45, 7) is 0.0793. The molecular weight excluding hydrogens is 258 g/mol. The van der Waals surface area contributed by atoms with Crippen molar-refractivity contribution < 1.29 is 9.90 Å². The van der Waals surface area contributed by atoms with Crippen molar-refractivity contribution in [1.29, 1.82) is 0 Å². The maximum absolute atomic E-state index is 12.6. The zero-order chi connectivity index (χ0) is 13.3. The molecule has 1 saturated carbocycles. The first-order valence-corrected chi connectivity index (χ1v) is 8.57. The highest BCUT2D eigenvalue weighted by molar-refractivity contribution is 7.99. The summed E-state index contributed by atoms with van der Waals surface area (Å²) in [6, 6.07) is 0. The van der Waals surface area contributed by atoms with Crippen LogP contribution in [-0.4, -0.2) is 34.7 Å². The number of thioether (sulfide) groups is 1. The zero-order valence-corrected chi connectivity index (χ0v) is 12.1. The van der Waals surface area contributed by atoms with Gasteiger partial charge in [-0.15, -0.1) is 0 Å². The predicted octanol–water partition coefficient (Wildman–Crippen LogP) is 1.96. The minimum atomic E-state index is -0.345. The van der Waals surface area contributed by atoms with E-state index < -0.39 is 0 Å². The van der Waals surface area contributed by atoms with Crippen LogP contribution in [0.4, 0.5) is 0 Å². The van der Waals surface area contributed by atoms with E-state index in [-0.39, 0.29) is 24.0 Å². The highest BCUT2D eigenvalue weighted by Crippen LogP contribution is 2.41. The van der Waals surface area contributed by atoms with Crippen LogP contribution < -0.4 is 5.32 Å². The van der Waals surface area contributed by atoms with Crippen LogP contribution in [0, 0.1) is 17.8 Å². The lowest BCUT2D eigenvalue weighted by atomic mass is 9.68. The predicted molar refractivity (Wildman–Crippen MR) is 78.0 cm³/mol. The number of amides is 1. The molecule has 106 valence electrons. The number of carbonyl (C=O) groups is 1. The SMILES string of the molecule is O=C(NC1(CO)CCSCC1)[C@@H]1C[C@@H]2C=C[C@H]1CC2. The van der Waals surface area contributed by atoms with E-state index in [1.807, 2.05) is 11.8 Å². The fourth-order valence-electron chi connectivity index (χ4n) is 3.67. The number of nitrogens with one attached hydrogen (secondary N) is 1. The van der Waals surface area contributed by atoms with Crippen molar-refractivity contribution in [2.45, 2.75) is 37.6 Å². The Balaban J connectivity index is 1.66. The van der Waals surface area contributed by atoms with Crippen LogP contribution in [0.2, 0.25) is 0 Å². The van der Waals surface area contributed by atoms with Gasteiger partial charge in [-0.05, 0) is 55.4 Å². The molecule has 0 unspecified atom stereocenters. The second kappa shape index (κ2) is 5.49. The number of hydrogen-bond acceptors (Lipinski definition) is 3. The summed E-state index contributed by atoms with van der Waals surface area (Å²) >= 11 is 1.91. The topological polar surface area (TPSA) is 49.3 Å². The second-order valence-corrected chi connectivity index (χ2v) is 7.49. The molecule has 1 amide bonds. The Hall–Kier alpha value is -0.480. The first-order chi connectivity index (χ1) is 9.22. The Morgan fingerprint density at radius 2 is 2.11 bits per heavy atom. The second-order valence-electron chi connectivity index (χ2n) is 6.27.